The topological polar surface area (TPSA) is 89.8 Å². The van der Waals surface area contributed by atoms with E-state index >= 15 is 0 Å². The molecular weight excluding hydrogens is 330 g/mol. The molecule has 0 aromatic heterocycles. The number of hydrogen-bond acceptors (Lipinski definition) is 5. The van der Waals surface area contributed by atoms with Gasteiger partial charge in [0, 0.05) is 25.0 Å². The lowest BCUT2D eigenvalue weighted by molar-refractivity contribution is -0.116. The minimum atomic E-state index is -0.314. The Balaban J connectivity index is 1.48. The average Bonchev–Trinajstić information content (AvgIpc) is 3.48. The number of aliphatic imine (C=N–C) groups is 1. The lowest BCUT2D eigenvalue weighted by Crippen LogP contribution is -2.52. The van der Waals surface area contributed by atoms with Crippen LogP contribution in [0, 0.1) is 12.3 Å². The zero-order chi connectivity index (χ0) is 18.1. The molecular formula is C19H23N5O2. The van der Waals surface area contributed by atoms with Crippen LogP contribution in [0.2, 0.25) is 0 Å². The maximum Gasteiger partial charge on any atom is 0.263 e. The second kappa shape index (κ2) is 6.92. The Hall–Kier alpha value is -2.67. The summed E-state index contributed by atoms with van der Waals surface area (Å²) in [6.45, 7) is 4.57. The molecule has 2 heterocycles. The molecule has 3 N–H and O–H groups in total. The summed E-state index contributed by atoms with van der Waals surface area (Å²) in [4.78, 5) is 18.6. The van der Waals surface area contributed by atoms with Crippen molar-refractivity contribution in [3.8, 4) is 0 Å². The summed E-state index contributed by atoms with van der Waals surface area (Å²) >= 11 is 0. The highest BCUT2D eigenvalue weighted by Gasteiger charge is 2.27. The number of carbonyl (C=O) groups is 1. The average molecular weight is 353 g/mol. The molecule has 26 heavy (non-hydrogen) atoms. The fraction of sp³-hybridized carbons (Fsp3) is 0.421. The SMILES string of the molecule is Cc1cc(C2CC2)ccc1N/C=C1\C(=N)N=C(N2CCOCC2)NC1=O. The van der Waals surface area contributed by atoms with Crippen molar-refractivity contribution in [2.45, 2.75) is 25.7 Å². The van der Waals surface area contributed by atoms with Crippen LogP contribution in [-0.4, -0.2) is 48.9 Å². The maximum atomic E-state index is 12.4. The minimum Gasteiger partial charge on any atom is -0.378 e. The Labute approximate surface area is 152 Å². The van der Waals surface area contributed by atoms with Crippen molar-refractivity contribution in [3.63, 3.8) is 0 Å². The highest BCUT2D eigenvalue weighted by molar-refractivity contribution is 6.28. The van der Waals surface area contributed by atoms with Gasteiger partial charge < -0.3 is 15.0 Å². The zero-order valence-electron chi connectivity index (χ0n) is 14.8. The van der Waals surface area contributed by atoms with Crippen LogP contribution >= 0.6 is 0 Å². The van der Waals surface area contributed by atoms with Gasteiger partial charge in [-0.2, -0.15) is 4.99 Å². The number of amides is 1. The van der Waals surface area contributed by atoms with E-state index in [0.717, 1.165) is 11.3 Å². The predicted molar refractivity (Wildman–Crippen MR) is 101 cm³/mol. The Bertz CT molecular complexity index is 804. The Morgan fingerprint density at radius 1 is 1.35 bits per heavy atom. The van der Waals surface area contributed by atoms with Gasteiger partial charge in [-0.3, -0.25) is 15.5 Å². The number of hydrogen-bond donors (Lipinski definition) is 3. The summed E-state index contributed by atoms with van der Waals surface area (Å²) in [5.74, 6) is 0.804. The van der Waals surface area contributed by atoms with Crippen LogP contribution < -0.4 is 10.6 Å². The van der Waals surface area contributed by atoms with E-state index in [1.807, 2.05) is 17.9 Å². The molecule has 0 spiro atoms. The standard InChI is InChI=1S/C19H23N5O2/c1-12-10-14(13-2-3-13)4-5-16(12)21-11-15-17(20)22-19(23-18(15)25)24-6-8-26-9-7-24/h4-5,10-11,13,21H,2-3,6-9H2,1H3,(H2,20,22,23,25)/b15-11+. The second-order valence-electron chi connectivity index (χ2n) is 6.89. The molecule has 2 fully saturated rings. The molecule has 1 saturated heterocycles. The van der Waals surface area contributed by atoms with E-state index in [0.29, 0.717) is 38.2 Å². The van der Waals surface area contributed by atoms with Gasteiger partial charge in [-0.25, -0.2) is 0 Å². The number of aryl methyl sites for hydroxylation is 1. The van der Waals surface area contributed by atoms with Gasteiger partial charge in [0.1, 0.15) is 0 Å². The molecule has 2 aliphatic heterocycles. The summed E-state index contributed by atoms with van der Waals surface area (Å²) in [7, 11) is 0. The van der Waals surface area contributed by atoms with Crippen LogP contribution in [0.25, 0.3) is 0 Å². The number of anilines is 1. The molecule has 0 atom stereocenters. The molecule has 1 aromatic rings. The molecule has 136 valence electrons. The lowest BCUT2D eigenvalue weighted by Gasteiger charge is -2.31. The highest BCUT2D eigenvalue weighted by Crippen LogP contribution is 2.40. The molecule has 1 aliphatic carbocycles. The van der Waals surface area contributed by atoms with Crippen LogP contribution in [0.3, 0.4) is 0 Å². The normalized spacial score (nSPS) is 22.3. The molecule has 7 heteroatoms. The minimum absolute atomic E-state index is 0.0324. The van der Waals surface area contributed by atoms with Crippen molar-refractivity contribution in [1.82, 2.24) is 10.2 Å². The molecule has 1 saturated carbocycles. The van der Waals surface area contributed by atoms with E-state index in [1.54, 1.807) is 6.20 Å². The molecule has 4 rings (SSSR count). The second-order valence-corrected chi connectivity index (χ2v) is 6.89. The molecule has 0 bridgehead atoms. The van der Waals surface area contributed by atoms with E-state index in [9.17, 15) is 4.79 Å². The number of nitrogens with one attached hydrogen (secondary N) is 3. The summed E-state index contributed by atoms with van der Waals surface area (Å²) in [6, 6.07) is 6.36. The summed E-state index contributed by atoms with van der Waals surface area (Å²) in [5.41, 5.74) is 3.67. The number of carbonyl (C=O) groups excluding carboxylic acids is 1. The predicted octanol–water partition coefficient (Wildman–Crippen LogP) is 1.96. The first-order valence-electron chi connectivity index (χ1n) is 9.01. The number of nitrogens with zero attached hydrogens (tertiary/aromatic N) is 2. The first-order chi connectivity index (χ1) is 12.6. The van der Waals surface area contributed by atoms with Gasteiger partial charge >= 0.3 is 0 Å². The molecule has 7 nitrogen and oxygen atoms in total. The Kier molecular flexibility index (Phi) is 4.46. The number of ether oxygens (including phenoxy) is 1. The van der Waals surface area contributed by atoms with Crippen LogP contribution in [0.4, 0.5) is 5.69 Å². The molecule has 1 amide bonds. The fourth-order valence-electron chi connectivity index (χ4n) is 3.20. The van der Waals surface area contributed by atoms with Crippen molar-refractivity contribution in [1.29, 1.82) is 5.41 Å². The number of rotatable bonds is 3. The third-order valence-electron chi connectivity index (χ3n) is 4.92. The first-order valence-corrected chi connectivity index (χ1v) is 9.01. The van der Waals surface area contributed by atoms with Crippen molar-refractivity contribution in [2.24, 2.45) is 4.99 Å². The molecule has 3 aliphatic rings. The third kappa shape index (κ3) is 3.48. The van der Waals surface area contributed by atoms with E-state index in [4.69, 9.17) is 10.1 Å². The summed E-state index contributed by atoms with van der Waals surface area (Å²) in [5, 5.41) is 14.1. The Morgan fingerprint density at radius 2 is 2.12 bits per heavy atom. The van der Waals surface area contributed by atoms with Gasteiger partial charge in [0.15, 0.2) is 5.84 Å². The largest absolute Gasteiger partial charge is 0.378 e. The summed E-state index contributed by atoms with van der Waals surface area (Å²) < 4.78 is 5.31. The molecule has 0 unspecified atom stereocenters. The quantitative estimate of drug-likeness (QED) is 0.725. The van der Waals surface area contributed by atoms with Gasteiger partial charge in [0.2, 0.25) is 5.96 Å². The van der Waals surface area contributed by atoms with Crippen LogP contribution in [-0.2, 0) is 9.53 Å². The van der Waals surface area contributed by atoms with Gasteiger partial charge in [-0.1, -0.05) is 12.1 Å². The lowest BCUT2D eigenvalue weighted by atomic mass is 10.1. The molecule has 1 aromatic carbocycles. The van der Waals surface area contributed by atoms with Gasteiger partial charge in [-0.05, 0) is 42.9 Å². The number of benzene rings is 1. The van der Waals surface area contributed by atoms with Crippen LogP contribution in [0.15, 0.2) is 35.0 Å². The maximum absolute atomic E-state index is 12.4. The first kappa shape index (κ1) is 16.8. The highest BCUT2D eigenvalue weighted by atomic mass is 16.5. The zero-order valence-corrected chi connectivity index (χ0v) is 14.8. The third-order valence-corrected chi connectivity index (χ3v) is 4.92. The van der Waals surface area contributed by atoms with E-state index in [2.05, 4.69) is 27.8 Å². The Morgan fingerprint density at radius 3 is 2.77 bits per heavy atom. The van der Waals surface area contributed by atoms with Gasteiger partial charge in [-0.15, -0.1) is 0 Å². The fourth-order valence-corrected chi connectivity index (χ4v) is 3.20. The van der Waals surface area contributed by atoms with Crippen LogP contribution in [0.1, 0.15) is 29.9 Å². The van der Waals surface area contributed by atoms with E-state index < -0.39 is 0 Å². The molecule has 0 radical (unpaired) electrons. The van der Waals surface area contributed by atoms with Gasteiger partial charge in [0.25, 0.3) is 5.91 Å². The monoisotopic (exact) mass is 353 g/mol. The number of guanidine groups is 1. The van der Waals surface area contributed by atoms with Crippen molar-refractivity contribution in [2.75, 3.05) is 31.6 Å². The van der Waals surface area contributed by atoms with Crippen molar-refractivity contribution >= 4 is 23.4 Å². The van der Waals surface area contributed by atoms with E-state index in [1.165, 1.54) is 18.4 Å². The van der Waals surface area contributed by atoms with Crippen LogP contribution in [0.5, 0.6) is 0 Å². The number of morpholine rings is 1. The summed E-state index contributed by atoms with van der Waals surface area (Å²) in [6.07, 6.45) is 4.12. The van der Waals surface area contributed by atoms with Crippen molar-refractivity contribution in [3.05, 3.63) is 41.1 Å². The van der Waals surface area contributed by atoms with E-state index in [-0.39, 0.29) is 17.3 Å². The number of amidine groups is 1. The van der Waals surface area contributed by atoms with Gasteiger partial charge in [0.05, 0.1) is 18.8 Å². The smallest absolute Gasteiger partial charge is 0.263 e. The van der Waals surface area contributed by atoms with Crippen molar-refractivity contribution < 1.29 is 9.53 Å².